The maximum atomic E-state index is 13.4. The lowest BCUT2D eigenvalue weighted by molar-refractivity contribution is -0.0494. The van der Waals surface area contributed by atoms with Crippen molar-refractivity contribution in [2.24, 2.45) is 7.05 Å². The quantitative estimate of drug-likeness (QED) is 0.503. The molecule has 8 heteroatoms. The number of aryl methyl sites for hydroxylation is 1. The van der Waals surface area contributed by atoms with Gasteiger partial charge >= 0.3 is 0 Å². The zero-order valence-corrected chi connectivity index (χ0v) is 16.3. The van der Waals surface area contributed by atoms with Crippen molar-refractivity contribution < 1.29 is 13.6 Å². The van der Waals surface area contributed by atoms with Crippen molar-refractivity contribution in [1.29, 1.82) is 0 Å². The second kappa shape index (κ2) is 6.83. The van der Waals surface area contributed by atoms with Crippen molar-refractivity contribution in [2.45, 2.75) is 18.8 Å². The van der Waals surface area contributed by atoms with E-state index in [4.69, 9.17) is 0 Å². The molecule has 0 unspecified atom stereocenters. The molecule has 0 saturated carbocycles. The Morgan fingerprint density at radius 2 is 1.83 bits per heavy atom. The number of pyridine rings is 1. The first-order valence-corrected chi connectivity index (χ1v) is 9.75. The van der Waals surface area contributed by atoms with E-state index in [1.165, 1.54) is 4.90 Å². The molecular weight excluding hydrogens is 388 g/mol. The SMILES string of the molecule is Cn1ccc2cc(-c3cnc4ccc(C(=O)N5CCC(F)(F)CC5)cc4n3)cnc21. The van der Waals surface area contributed by atoms with E-state index in [1.807, 2.05) is 29.9 Å². The molecule has 6 nitrogen and oxygen atoms in total. The highest BCUT2D eigenvalue weighted by atomic mass is 19.3. The number of aromatic nitrogens is 4. The number of benzene rings is 1. The first-order valence-electron chi connectivity index (χ1n) is 9.75. The Morgan fingerprint density at radius 1 is 1.03 bits per heavy atom. The summed E-state index contributed by atoms with van der Waals surface area (Å²) in [5.41, 5.74) is 4.03. The molecule has 152 valence electrons. The first kappa shape index (κ1) is 18.6. The number of hydrogen-bond acceptors (Lipinski definition) is 4. The van der Waals surface area contributed by atoms with Crippen LogP contribution < -0.4 is 0 Å². The predicted molar refractivity (Wildman–Crippen MR) is 109 cm³/mol. The van der Waals surface area contributed by atoms with Crippen LogP contribution in [0, 0.1) is 0 Å². The number of alkyl halides is 2. The molecule has 1 aliphatic heterocycles. The smallest absolute Gasteiger partial charge is 0.253 e. The summed E-state index contributed by atoms with van der Waals surface area (Å²) in [6, 6.07) is 9.07. The molecule has 0 N–H and O–H groups in total. The highest BCUT2D eigenvalue weighted by Gasteiger charge is 2.35. The molecule has 0 atom stereocenters. The molecule has 5 rings (SSSR count). The molecule has 30 heavy (non-hydrogen) atoms. The van der Waals surface area contributed by atoms with Gasteiger partial charge in [0.25, 0.3) is 11.8 Å². The minimum Gasteiger partial charge on any atom is -0.338 e. The van der Waals surface area contributed by atoms with E-state index >= 15 is 0 Å². The predicted octanol–water partition coefficient (Wildman–Crippen LogP) is 4.05. The summed E-state index contributed by atoms with van der Waals surface area (Å²) < 4.78 is 28.7. The Bertz CT molecular complexity index is 1270. The summed E-state index contributed by atoms with van der Waals surface area (Å²) in [5.74, 6) is -2.94. The van der Waals surface area contributed by atoms with Gasteiger partial charge in [0, 0.05) is 61.9 Å². The molecule has 4 aromatic rings. The van der Waals surface area contributed by atoms with Crippen molar-refractivity contribution in [1.82, 2.24) is 24.4 Å². The maximum absolute atomic E-state index is 13.4. The van der Waals surface area contributed by atoms with Crippen LogP contribution in [0.15, 0.2) is 48.9 Å². The standard InChI is InChI=1S/C22H19F2N5O/c1-28-7-4-14-10-16(12-26-20(14)28)19-13-25-17-3-2-15(11-18(17)27-19)21(30)29-8-5-22(23,24)6-9-29/h2-4,7,10-13H,5-6,8-9H2,1H3. The van der Waals surface area contributed by atoms with Crippen LogP contribution in [0.2, 0.25) is 0 Å². The summed E-state index contributed by atoms with van der Waals surface area (Å²) in [6.45, 7) is 0.108. The summed E-state index contributed by atoms with van der Waals surface area (Å²) in [5, 5.41) is 1.00. The van der Waals surface area contributed by atoms with Crippen molar-refractivity contribution >= 4 is 28.0 Å². The molecule has 4 heterocycles. The number of nitrogens with zero attached hydrogens (tertiary/aromatic N) is 5. The molecule has 3 aromatic heterocycles. The van der Waals surface area contributed by atoms with E-state index in [0.717, 1.165) is 16.6 Å². The number of carbonyl (C=O) groups is 1. The second-order valence-electron chi connectivity index (χ2n) is 7.67. The van der Waals surface area contributed by atoms with Crippen LogP contribution in [0.25, 0.3) is 33.3 Å². The lowest BCUT2D eigenvalue weighted by Gasteiger charge is -2.31. The third kappa shape index (κ3) is 3.28. The minimum absolute atomic E-state index is 0.0539. The molecule has 0 radical (unpaired) electrons. The van der Waals surface area contributed by atoms with Crippen LogP contribution >= 0.6 is 0 Å². The molecule has 1 saturated heterocycles. The zero-order chi connectivity index (χ0) is 20.9. The van der Waals surface area contributed by atoms with Crippen molar-refractivity contribution in [2.75, 3.05) is 13.1 Å². The highest BCUT2D eigenvalue weighted by molar-refractivity contribution is 5.97. The van der Waals surface area contributed by atoms with Gasteiger partial charge in [-0.1, -0.05) is 0 Å². The fourth-order valence-corrected chi connectivity index (χ4v) is 3.80. The van der Waals surface area contributed by atoms with Crippen LogP contribution in [0.4, 0.5) is 8.78 Å². The Kier molecular flexibility index (Phi) is 4.23. The van der Waals surface area contributed by atoms with Crippen molar-refractivity contribution in [3.05, 3.63) is 54.5 Å². The second-order valence-corrected chi connectivity index (χ2v) is 7.67. The van der Waals surface area contributed by atoms with Gasteiger partial charge < -0.3 is 9.47 Å². The third-order valence-electron chi connectivity index (χ3n) is 5.57. The van der Waals surface area contributed by atoms with Gasteiger partial charge in [-0.2, -0.15) is 0 Å². The summed E-state index contributed by atoms with van der Waals surface area (Å²) in [4.78, 5) is 27.9. The number of likely N-dealkylation sites (tertiary alicyclic amines) is 1. The average Bonchev–Trinajstić information content (AvgIpc) is 3.12. The number of hydrogen-bond donors (Lipinski definition) is 0. The molecule has 0 aliphatic carbocycles. The average molecular weight is 407 g/mol. The van der Waals surface area contributed by atoms with Gasteiger partial charge in [-0.25, -0.2) is 18.7 Å². The van der Waals surface area contributed by atoms with Gasteiger partial charge in [0.1, 0.15) is 5.65 Å². The fourth-order valence-electron chi connectivity index (χ4n) is 3.80. The first-order chi connectivity index (χ1) is 14.4. The van der Waals surface area contributed by atoms with E-state index in [9.17, 15) is 13.6 Å². The molecule has 0 spiro atoms. The van der Waals surface area contributed by atoms with Crippen LogP contribution in [0.1, 0.15) is 23.2 Å². The Balaban J connectivity index is 1.47. The molecular formula is C22H19F2N5O. The van der Waals surface area contributed by atoms with Crippen molar-refractivity contribution in [3.8, 4) is 11.3 Å². The lowest BCUT2D eigenvalue weighted by Crippen LogP contribution is -2.42. The van der Waals surface area contributed by atoms with E-state index < -0.39 is 5.92 Å². The fraction of sp³-hybridized carbons (Fsp3) is 0.273. The minimum atomic E-state index is -2.69. The van der Waals surface area contributed by atoms with Crippen molar-refractivity contribution in [3.63, 3.8) is 0 Å². The topological polar surface area (TPSA) is 63.9 Å². The van der Waals surface area contributed by atoms with Gasteiger partial charge in [-0.15, -0.1) is 0 Å². The zero-order valence-electron chi connectivity index (χ0n) is 16.3. The molecule has 0 bridgehead atoms. The van der Waals surface area contributed by atoms with Crippen LogP contribution in [0.3, 0.4) is 0 Å². The molecule has 1 aliphatic rings. The van der Waals surface area contributed by atoms with E-state index in [0.29, 0.717) is 22.3 Å². The van der Waals surface area contributed by atoms with Crippen LogP contribution in [-0.2, 0) is 7.05 Å². The van der Waals surface area contributed by atoms with Crippen LogP contribution in [0.5, 0.6) is 0 Å². The summed E-state index contributed by atoms with van der Waals surface area (Å²) in [7, 11) is 1.94. The summed E-state index contributed by atoms with van der Waals surface area (Å²) in [6.07, 6.45) is 4.78. The Morgan fingerprint density at radius 3 is 2.63 bits per heavy atom. The van der Waals surface area contributed by atoms with Gasteiger partial charge in [0.15, 0.2) is 0 Å². The van der Waals surface area contributed by atoms with E-state index in [2.05, 4.69) is 15.0 Å². The Labute approximate surface area is 171 Å². The number of halogens is 2. The number of piperidine rings is 1. The maximum Gasteiger partial charge on any atom is 0.253 e. The van der Waals surface area contributed by atoms with Gasteiger partial charge in [0.2, 0.25) is 0 Å². The number of fused-ring (bicyclic) bond motifs is 2. The highest BCUT2D eigenvalue weighted by Crippen LogP contribution is 2.29. The van der Waals surface area contributed by atoms with E-state index in [-0.39, 0.29) is 31.8 Å². The van der Waals surface area contributed by atoms with E-state index in [1.54, 1.807) is 30.6 Å². The number of carbonyl (C=O) groups excluding carboxylic acids is 1. The monoisotopic (exact) mass is 407 g/mol. The van der Waals surface area contributed by atoms with Gasteiger partial charge in [0.05, 0.1) is 22.9 Å². The third-order valence-corrected chi connectivity index (χ3v) is 5.57. The summed E-state index contributed by atoms with van der Waals surface area (Å²) >= 11 is 0. The molecule has 1 amide bonds. The molecule has 1 aromatic carbocycles. The normalized spacial score (nSPS) is 16.3. The van der Waals surface area contributed by atoms with Crippen LogP contribution in [-0.4, -0.2) is 49.3 Å². The molecule has 1 fully saturated rings. The number of rotatable bonds is 2. The lowest BCUT2D eigenvalue weighted by atomic mass is 10.1. The largest absolute Gasteiger partial charge is 0.338 e. The number of amides is 1. The van der Waals surface area contributed by atoms with Gasteiger partial charge in [-0.3, -0.25) is 9.78 Å². The Hall–Kier alpha value is -3.42. The van der Waals surface area contributed by atoms with Gasteiger partial charge in [-0.05, 0) is 30.3 Å².